The number of carboxylic acid groups (broad SMARTS) is 1. The average molecular weight is 406 g/mol. The second kappa shape index (κ2) is 8.49. The van der Waals surface area contributed by atoms with Crippen LogP contribution >= 0.6 is 11.3 Å². The van der Waals surface area contributed by atoms with E-state index in [0.29, 0.717) is 6.42 Å². The van der Waals surface area contributed by atoms with E-state index in [4.69, 9.17) is 4.74 Å². The zero-order valence-corrected chi connectivity index (χ0v) is 16.5. The number of fused-ring (bicyclic) bond motifs is 3. The van der Waals surface area contributed by atoms with Gasteiger partial charge in [0.05, 0.1) is 0 Å². The monoisotopic (exact) mass is 406 g/mol. The molecule has 4 rings (SSSR count). The second-order valence-corrected chi connectivity index (χ2v) is 7.86. The third-order valence-electron chi connectivity index (χ3n) is 5.14. The third kappa shape index (κ3) is 4.32. The Kier molecular flexibility index (Phi) is 5.62. The Balaban J connectivity index is 1.43. The quantitative estimate of drug-likeness (QED) is 0.653. The molecular weight excluding hydrogens is 386 g/mol. The molecule has 0 aliphatic heterocycles. The Morgan fingerprint density at radius 1 is 1.03 bits per heavy atom. The maximum Gasteiger partial charge on any atom is 0.407 e. The van der Waals surface area contributed by atoms with Gasteiger partial charge in [-0.3, -0.25) is 0 Å². The summed E-state index contributed by atoms with van der Waals surface area (Å²) in [7, 11) is 0. The zero-order chi connectivity index (χ0) is 20.2. The summed E-state index contributed by atoms with van der Waals surface area (Å²) in [5, 5.41) is 17.6. The van der Waals surface area contributed by atoms with Crippen LogP contribution in [0.25, 0.3) is 11.1 Å². The summed E-state index contributed by atoms with van der Waals surface area (Å²) in [6.45, 7) is 0.191. The van der Waals surface area contributed by atoms with Crippen molar-refractivity contribution in [2.75, 3.05) is 6.61 Å². The van der Waals surface area contributed by atoms with E-state index in [1.165, 1.54) is 11.3 Å². The molecule has 1 amide bonds. The van der Waals surface area contributed by atoms with Crippen LogP contribution in [0.1, 0.15) is 29.0 Å². The van der Waals surface area contributed by atoms with Crippen molar-refractivity contribution in [3.05, 3.63) is 82.0 Å². The predicted octanol–water partition coefficient (Wildman–Crippen LogP) is 3.34. The number of hydrogen-bond acceptors (Lipinski definition) is 5. The maximum atomic E-state index is 12.4. The highest BCUT2D eigenvalue weighted by molar-refractivity contribution is 7.07. The van der Waals surface area contributed by atoms with Crippen LogP contribution in [-0.4, -0.2) is 24.7 Å². The number of amides is 1. The number of ether oxygens (including phenoxy) is 1. The highest BCUT2D eigenvalue weighted by Crippen LogP contribution is 2.44. The van der Waals surface area contributed by atoms with Gasteiger partial charge in [-0.2, -0.15) is 11.3 Å². The van der Waals surface area contributed by atoms with Gasteiger partial charge in [-0.15, -0.1) is 0 Å². The molecule has 0 bridgehead atoms. The molecule has 0 fully saturated rings. The lowest BCUT2D eigenvalue weighted by Crippen LogP contribution is -2.41. The van der Waals surface area contributed by atoms with Crippen LogP contribution in [0.4, 0.5) is 4.79 Å². The van der Waals surface area contributed by atoms with Crippen LogP contribution in [0.5, 0.6) is 0 Å². The van der Waals surface area contributed by atoms with E-state index in [2.05, 4.69) is 29.6 Å². The van der Waals surface area contributed by atoms with Crippen molar-refractivity contribution in [2.45, 2.75) is 24.8 Å². The molecule has 1 heterocycles. The molecule has 5 nitrogen and oxygen atoms in total. The first-order valence-electron chi connectivity index (χ1n) is 9.44. The van der Waals surface area contributed by atoms with E-state index < -0.39 is 18.1 Å². The summed E-state index contributed by atoms with van der Waals surface area (Å²) in [6.07, 6.45) is -0.463. The normalized spacial score (nSPS) is 13.4. The maximum absolute atomic E-state index is 12.4. The van der Waals surface area contributed by atoms with Crippen LogP contribution in [-0.2, 0) is 16.0 Å². The van der Waals surface area contributed by atoms with E-state index in [0.717, 1.165) is 27.8 Å². The van der Waals surface area contributed by atoms with Gasteiger partial charge in [-0.05, 0) is 51.1 Å². The van der Waals surface area contributed by atoms with Crippen LogP contribution in [0.15, 0.2) is 65.4 Å². The highest BCUT2D eigenvalue weighted by Gasteiger charge is 2.29. The van der Waals surface area contributed by atoms with E-state index in [1.807, 2.05) is 41.1 Å². The topological polar surface area (TPSA) is 78.5 Å². The number of carboxylic acids is 1. The first-order chi connectivity index (χ1) is 14.1. The lowest BCUT2D eigenvalue weighted by Gasteiger charge is -2.20. The molecule has 29 heavy (non-hydrogen) atoms. The molecule has 1 aliphatic rings. The van der Waals surface area contributed by atoms with Gasteiger partial charge in [-0.1, -0.05) is 48.5 Å². The van der Waals surface area contributed by atoms with E-state index in [-0.39, 0.29) is 18.9 Å². The summed E-state index contributed by atoms with van der Waals surface area (Å²) in [5.41, 5.74) is 5.55. The lowest BCUT2D eigenvalue weighted by molar-refractivity contribution is -0.306. The van der Waals surface area contributed by atoms with Gasteiger partial charge in [0.15, 0.2) is 0 Å². The van der Waals surface area contributed by atoms with E-state index >= 15 is 0 Å². The number of benzene rings is 2. The summed E-state index contributed by atoms with van der Waals surface area (Å²) in [4.78, 5) is 23.5. The standard InChI is InChI=1S/C23H21NO4S/c25-22(26)12-16(11-15-9-10-29-14-15)24-23(27)28-13-21-19-7-3-1-5-17(19)18-6-2-4-8-20(18)21/h1-10,14,16,21H,11-13H2,(H,24,27)(H,25,26)/p-1/t16-/m0/s1. The fourth-order valence-corrected chi connectivity index (χ4v) is 4.56. The number of rotatable bonds is 7. The number of carbonyl (C=O) groups is 2. The molecule has 6 heteroatoms. The SMILES string of the molecule is O=C([O-])C[C@H](Cc1ccsc1)NC(=O)OCC1c2ccccc2-c2ccccc21. The van der Waals surface area contributed by atoms with Crippen molar-refractivity contribution in [3.8, 4) is 11.1 Å². The van der Waals surface area contributed by atoms with Crippen molar-refractivity contribution in [2.24, 2.45) is 0 Å². The summed E-state index contributed by atoms with van der Waals surface area (Å²) in [5.74, 6) is -1.24. The fourth-order valence-electron chi connectivity index (χ4n) is 3.88. The van der Waals surface area contributed by atoms with Crippen LogP contribution in [0, 0.1) is 0 Å². The Morgan fingerprint density at radius 2 is 1.69 bits per heavy atom. The van der Waals surface area contributed by atoms with Crippen molar-refractivity contribution >= 4 is 23.4 Å². The number of hydrogen-bond donors (Lipinski definition) is 1. The molecule has 1 aromatic heterocycles. The smallest absolute Gasteiger partial charge is 0.407 e. The van der Waals surface area contributed by atoms with Gasteiger partial charge >= 0.3 is 6.09 Å². The van der Waals surface area contributed by atoms with Gasteiger partial charge in [0.2, 0.25) is 0 Å². The Bertz CT molecular complexity index is 970. The first kappa shape index (κ1) is 19.2. The van der Waals surface area contributed by atoms with Crippen molar-refractivity contribution in [3.63, 3.8) is 0 Å². The molecule has 0 saturated heterocycles. The fraction of sp³-hybridized carbons (Fsp3) is 0.217. The van der Waals surface area contributed by atoms with Crippen molar-refractivity contribution in [1.29, 1.82) is 0 Å². The van der Waals surface area contributed by atoms with Crippen LogP contribution < -0.4 is 10.4 Å². The van der Waals surface area contributed by atoms with Crippen LogP contribution in [0.2, 0.25) is 0 Å². The minimum atomic E-state index is -1.20. The average Bonchev–Trinajstić information content (AvgIpc) is 3.32. The second-order valence-electron chi connectivity index (χ2n) is 7.08. The Morgan fingerprint density at radius 3 is 2.28 bits per heavy atom. The molecule has 1 N–H and O–H groups in total. The summed E-state index contributed by atoms with van der Waals surface area (Å²) in [6, 6.07) is 17.5. The van der Waals surface area contributed by atoms with Crippen molar-refractivity contribution < 1.29 is 19.4 Å². The predicted molar refractivity (Wildman–Crippen MR) is 110 cm³/mol. The van der Waals surface area contributed by atoms with Gasteiger partial charge in [-0.25, -0.2) is 4.79 Å². The van der Waals surface area contributed by atoms with Gasteiger partial charge in [0.25, 0.3) is 0 Å². The minimum absolute atomic E-state index is 0.0374. The van der Waals surface area contributed by atoms with Gasteiger partial charge in [0.1, 0.15) is 6.61 Å². The Hall–Kier alpha value is -3.12. The third-order valence-corrected chi connectivity index (χ3v) is 5.87. The molecule has 2 aromatic carbocycles. The molecule has 0 unspecified atom stereocenters. The van der Waals surface area contributed by atoms with E-state index in [1.54, 1.807) is 0 Å². The summed E-state index contributed by atoms with van der Waals surface area (Å²) >= 11 is 1.53. The van der Waals surface area contributed by atoms with Gasteiger partial charge < -0.3 is 20.0 Å². The minimum Gasteiger partial charge on any atom is -0.550 e. The zero-order valence-electron chi connectivity index (χ0n) is 15.7. The van der Waals surface area contributed by atoms with Crippen molar-refractivity contribution in [1.82, 2.24) is 5.32 Å². The lowest BCUT2D eigenvalue weighted by atomic mass is 9.98. The Labute approximate surface area is 173 Å². The van der Waals surface area contributed by atoms with Crippen LogP contribution in [0.3, 0.4) is 0 Å². The van der Waals surface area contributed by atoms with E-state index in [9.17, 15) is 14.7 Å². The number of aliphatic carboxylic acids is 1. The molecule has 148 valence electrons. The molecule has 0 spiro atoms. The number of nitrogens with one attached hydrogen (secondary N) is 1. The number of alkyl carbamates (subject to hydrolysis) is 1. The van der Waals surface area contributed by atoms with Gasteiger partial charge in [0, 0.05) is 24.3 Å². The number of thiophene rings is 1. The molecule has 1 aliphatic carbocycles. The molecular formula is C23H20NO4S-. The largest absolute Gasteiger partial charge is 0.550 e. The first-order valence-corrected chi connectivity index (χ1v) is 10.4. The molecule has 1 atom stereocenters. The molecule has 0 saturated carbocycles. The number of carbonyl (C=O) groups excluding carboxylic acids is 2. The molecule has 0 radical (unpaired) electrons. The summed E-state index contributed by atoms with van der Waals surface area (Å²) < 4.78 is 5.51. The highest BCUT2D eigenvalue weighted by atomic mass is 32.1. The molecule has 3 aromatic rings.